The largest absolute Gasteiger partial charge is 0.370 e. The molecule has 1 aromatic heterocycles. The number of aromatic nitrogens is 1. The number of anilines is 1. The molecule has 35 heavy (non-hydrogen) atoms. The molecular weight excluding hydrogens is 484 g/mol. The van der Waals surface area contributed by atoms with Crippen LogP contribution >= 0.6 is 23.7 Å². The fourth-order valence-corrected chi connectivity index (χ4v) is 4.51. The number of benzene rings is 2. The molecule has 2 amide bonds. The van der Waals surface area contributed by atoms with Crippen LogP contribution in [0, 0.1) is 0 Å². The summed E-state index contributed by atoms with van der Waals surface area (Å²) in [7, 11) is 3.49. The van der Waals surface area contributed by atoms with Gasteiger partial charge < -0.3 is 21.7 Å². The molecule has 186 valence electrons. The molecule has 1 heterocycles. The third kappa shape index (κ3) is 8.38. The molecule has 5 N–H and O–H groups in total. The summed E-state index contributed by atoms with van der Waals surface area (Å²) < 4.78 is 0. The van der Waals surface area contributed by atoms with Crippen LogP contribution in [-0.4, -0.2) is 41.8 Å². The standard InChI is InChI=1S/C25H30N6O2S.ClH/c1-16(32)28-25-30-21(14-8-18-6-12-20(13-7-18)29-24(26)27)22(34-25)15-9-17-4-10-19(11-5-17)23(33)31(2)3;/h4-7,10-13H,8-9,14-15H2,1-3H3,(H4,26,27,29)(H,28,30,32);1H. The van der Waals surface area contributed by atoms with Gasteiger partial charge in [0.25, 0.3) is 5.91 Å². The van der Waals surface area contributed by atoms with Crippen molar-refractivity contribution in [3.05, 3.63) is 75.8 Å². The van der Waals surface area contributed by atoms with Gasteiger partial charge in [-0.1, -0.05) is 24.3 Å². The molecule has 10 heteroatoms. The molecule has 0 saturated carbocycles. The molecule has 0 saturated heterocycles. The number of nitrogens with zero attached hydrogens (tertiary/aromatic N) is 3. The Morgan fingerprint density at radius 2 is 1.51 bits per heavy atom. The van der Waals surface area contributed by atoms with E-state index in [-0.39, 0.29) is 30.2 Å². The van der Waals surface area contributed by atoms with Crippen LogP contribution in [0.2, 0.25) is 0 Å². The van der Waals surface area contributed by atoms with Crippen LogP contribution in [0.3, 0.4) is 0 Å². The van der Waals surface area contributed by atoms with Crippen molar-refractivity contribution in [1.29, 1.82) is 0 Å². The number of amides is 2. The van der Waals surface area contributed by atoms with Gasteiger partial charge in [0.1, 0.15) is 0 Å². The van der Waals surface area contributed by atoms with Crippen LogP contribution in [-0.2, 0) is 30.5 Å². The maximum Gasteiger partial charge on any atom is 0.253 e. The van der Waals surface area contributed by atoms with Crippen molar-refractivity contribution in [3.8, 4) is 0 Å². The number of hydrogen-bond acceptors (Lipinski definition) is 5. The van der Waals surface area contributed by atoms with E-state index in [1.54, 1.807) is 19.0 Å². The van der Waals surface area contributed by atoms with Gasteiger partial charge in [0.05, 0.1) is 11.4 Å². The van der Waals surface area contributed by atoms with E-state index in [0.717, 1.165) is 47.4 Å². The van der Waals surface area contributed by atoms with E-state index < -0.39 is 0 Å². The average Bonchev–Trinajstić information content (AvgIpc) is 3.17. The van der Waals surface area contributed by atoms with Crippen LogP contribution in [0.15, 0.2) is 53.5 Å². The van der Waals surface area contributed by atoms with Gasteiger partial charge in [-0.25, -0.2) is 9.98 Å². The van der Waals surface area contributed by atoms with E-state index in [1.807, 2.05) is 48.5 Å². The molecule has 3 aromatic rings. The van der Waals surface area contributed by atoms with Crippen molar-refractivity contribution in [2.75, 3.05) is 19.4 Å². The first-order valence-electron chi connectivity index (χ1n) is 11.0. The Balaban J connectivity index is 0.00000432. The van der Waals surface area contributed by atoms with Gasteiger partial charge in [-0.3, -0.25) is 9.59 Å². The first kappa shape index (κ1) is 27.8. The van der Waals surface area contributed by atoms with Crippen LogP contribution in [0.25, 0.3) is 0 Å². The van der Waals surface area contributed by atoms with Crippen molar-refractivity contribution in [2.45, 2.75) is 32.6 Å². The van der Waals surface area contributed by atoms with E-state index in [4.69, 9.17) is 11.5 Å². The summed E-state index contributed by atoms with van der Waals surface area (Å²) in [5.41, 5.74) is 15.5. The number of aryl methyl sites for hydroxylation is 4. The number of carbonyl (C=O) groups excluding carboxylic acids is 2. The van der Waals surface area contributed by atoms with E-state index >= 15 is 0 Å². The zero-order chi connectivity index (χ0) is 24.7. The van der Waals surface area contributed by atoms with Crippen molar-refractivity contribution in [1.82, 2.24) is 9.88 Å². The lowest BCUT2D eigenvalue weighted by atomic mass is 10.0. The number of nitrogens with two attached hydrogens (primary N) is 2. The Morgan fingerprint density at radius 3 is 2.06 bits per heavy atom. The fourth-order valence-electron chi connectivity index (χ4n) is 3.46. The molecule has 0 bridgehead atoms. The van der Waals surface area contributed by atoms with Crippen LogP contribution in [0.4, 0.5) is 10.8 Å². The zero-order valence-electron chi connectivity index (χ0n) is 20.1. The number of hydrogen-bond donors (Lipinski definition) is 3. The molecule has 0 radical (unpaired) electrons. The first-order valence-corrected chi connectivity index (χ1v) is 11.8. The van der Waals surface area contributed by atoms with Crippen LogP contribution in [0.1, 0.15) is 39.0 Å². The number of nitrogens with one attached hydrogen (secondary N) is 1. The molecule has 0 atom stereocenters. The topological polar surface area (TPSA) is 127 Å². The summed E-state index contributed by atoms with van der Waals surface area (Å²) in [5.74, 6) is -0.116. The minimum atomic E-state index is -0.136. The van der Waals surface area contributed by atoms with Gasteiger partial charge in [0.2, 0.25) is 5.91 Å². The third-order valence-electron chi connectivity index (χ3n) is 5.15. The maximum absolute atomic E-state index is 12.1. The number of halogens is 1. The molecule has 0 unspecified atom stereocenters. The number of thiazole rings is 1. The second-order valence-corrected chi connectivity index (χ2v) is 9.25. The Kier molecular flexibility index (Phi) is 10.2. The average molecular weight is 515 g/mol. The molecule has 3 rings (SSSR count). The highest BCUT2D eigenvalue weighted by atomic mass is 35.5. The minimum Gasteiger partial charge on any atom is -0.370 e. The second kappa shape index (κ2) is 12.9. The van der Waals surface area contributed by atoms with E-state index in [0.29, 0.717) is 16.4 Å². The molecule has 2 aromatic carbocycles. The SMILES string of the molecule is CC(=O)Nc1nc(CCc2ccc(N=C(N)N)cc2)c(CCc2ccc(C(=O)N(C)C)cc2)s1.Cl. The van der Waals surface area contributed by atoms with Crippen molar-refractivity contribution < 1.29 is 9.59 Å². The van der Waals surface area contributed by atoms with Gasteiger partial charge in [-0.2, -0.15) is 0 Å². The maximum atomic E-state index is 12.1. The van der Waals surface area contributed by atoms with Gasteiger partial charge in [0.15, 0.2) is 11.1 Å². The number of rotatable bonds is 9. The predicted octanol–water partition coefficient (Wildman–Crippen LogP) is 3.70. The van der Waals surface area contributed by atoms with Gasteiger partial charge >= 0.3 is 0 Å². The number of guanidine groups is 1. The summed E-state index contributed by atoms with van der Waals surface area (Å²) in [6.45, 7) is 1.48. The lowest BCUT2D eigenvalue weighted by Gasteiger charge is -2.10. The van der Waals surface area contributed by atoms with Gasteiger partial charge in [0, 0.05) is 31.5 Å². The third-order valence-corrected chi connectivity index (χ3v) is 6.23. The summed E-state index contributed by atoms with van der Waals surface area (Å²) >= 11 is 1.51. The van der Waals surface area contributed by atoms with E-state index in [2.05, 4.69) is 15.3 Å². The molecule has 8 nitrogen and oxygen atoms in total. The monoisotopic (exact) mass is 514 g/mol. The van der Waals surface area contributed by atoms with Crippen molar-refractivity contribution in [2.24, 2.45) is 16.5 Å². The van der Waals surface area contributed by atoms with E-state index in [1.165, 1.54) is 18.3 Å². The molecule has 0 fully saturated rings. The molecule has 0 aliphatic heterocycles. The summed E-state index contributed by atoms with van der Waals surface area (Å²) in [5, 5.41) is 3.42. The fraction of sp³-hybridized carbons (Fsp3) is 0.280. The summed E-state index contributed by atoms with van der Waals surface area (Å²) in [6.07, 6.45) is 3.18. The van der Waals surface area contributed by atoms with Crippen molar-refractivity contribution >= 4 is 52.3 Å². The minimum absolute atomic E-state index is 0. The summed E-state index contributed by atoms with van der Waals surface area (Å²) in [4.78, 5) is 35.1. The number of aliphatic imine (C=N–C) groups is 1. The Morgan fingerprint density at radius 1 is 0.943 bits per heavy atom. The Bertz CT molecular complexity index is 1170. The second-order valence-electron chi connectivity index (χ2n) is 8.17. The smallest absolute Gasteiger partial charge is 0.253 e. The van der Waals surface area contributed by atoms with Gasteiger partial charge in [-0.05, 0) is 61.1 Å². The molecular formula is C25H31ClN6O2S. The first-order chi connectivity index (χ1) is 16.2. The normalized spacial score (nSPS) is 10.3. The highest BCUT2D eigenvalue weighted by molar-refractivity contribution is 7.15. The highest BCUT2D eigenvalue weighted by Gasteiger charge is 2.13. The Labute approximate surface area is 215 Å². The summed E-state index contributed by atoms with van der Waals surface area (Å²) in [6, 6.07) is 15.5. The van der Waals surface area contributed by atoms with Crippen molar-refractivity contribution in [3.63, 3.8) is 0 Å². The van der Waals surface area contributed by atoms with Gasteiger partial charge in [-0.15, -0.1) is 23.7 Å². The molecule has 0 spiro atoms. The molecule has 0 aliphatic rings. The van der Waals surface area contributed by atoms with Crippen LogP contribution < -0.4 is 16.8 Å². The lowest BCUT2D eigenvalue weighted by molar-refractivity contribution is -0.114. The zero-order valence-corrected chi connectivity index (χ0v) is 21.7. The predicted molar refractivity (Wildman–Crippen MR) is 145 cm³/mol. The Hall–Kier alpha value is -3.43. The highest BCUT2D eigenvalue weighted by Crippen LogP contribution is 2.26. The quantitative estimate of drug-likeness (QED) is 0.296. The van der Waals surface area contributed by atoms with Crippen LogP contribution in [0.5, 0.6) is 0 Å². The lowest BCUT2D eigenvalue weighted by Crippen LogP contribution is -2.21. The van der Waals surface area contributed by atoms with E-state index in [9.17, 15) is 9.59 Å². The molecule has 0 aliphatic carbocycles. The number of carbonyl (C=O) groups is 2.